The van der Waals surface area contributed by atoms with Gasteiger partial charge in [0.1, 0.15) is 0 Å². The summed E-state index contributed by atoms with van der Waals surface area (Å²) in [4.78, 5) is 12.8. The molecule has 0 aliphatic carbocycles. The number of nitrogens with zero attached hydrogens (tertiary/aromatic N) is 1. The highest BCUT2D eigenvalue weighted by Crippen LogP contribution is 2.28. The Hall–Kier alpha value is -2.58. The van der Waals surface area contributed by atoms with Crippen LogP contribution in [-0.2, 0) is 0 Å². The molecule has 0 fully saturated rings. The molecule has 1 aromatic heterocycles. The molecule has 0 atom stereocenters. The van der Waals surface area contributed by atoms with Crippen molar-refractivity contribution in [2.75, 3.05) is 0 Å². The molecular formula is C19H12ClNO. The average molecular weight is 306 g/mol. The van der Waals surface area contributed by atoms with E-state index in [1.807, 2.05) is 72.9 Å². The van der Waals surface area contributed by atoms with Crippen molar-refractivity contribution in [1.82, 2.24) is 4.57 Å². The third-order valence-corrected chi connectivity index (χ3v) is 4.25. The minimum absolute atomic E-state index is 0.0226. The summed E-state index contributed by atoms with van der Waals surface area (Å²) in [6, 6.07) is 21.1. The van der Waals surface area contributed by atoms with E-state index >= 15 is 0 Å². The van der Waals surface area contributed by atoms with Gasteiger partial charge in [0.05, 0.1) is 5.69 Å². The van der Waals surface area contributed by atoms with Gasteiger partial charge in [-0.2, -0.15) is 0 Å². The van der Waals surface area contributed by atoms with Gasteiger partial charge in [-0.15, -0.1) is 0 Å². The molecule has 0 unspecified atom stereocenters. The van der Waals surface area contributed by atoms with Crippen LogP contribution >= 0.6 is 11.6 Å². The van der Waals surface area contributed by atoms with Crippen LogP contribution in [0.3, 0.4) is 0 Å². The molecule has 3 aromatic carbocycles. The quantitative estimate of drug-likeness (QED) is 0.495. The number of benzene rings is 3. The Morgan fingerprint density at radius 2 is 1.41 bits per heavy atom. The predicted octanol–water partition coefficient (Wildman–Crippen LogP) is 4.80. The number of pyridine rings is 1. The van der Waals surface area contributed by atoms with Crippen LogP contribution in [0.5, 0.6) is 0 Å². The largest absolute Gasteiger partial charge is 0.283 e. The lowest BCUT2D eigenvalue weighted by molar-refractivity contribution is 1.02. The lowest BCUT2D eigenvalue weighted by Gasteiger charge is -2.11. The smallest absolute Gasteiger partial charge is 0.262 e. The van der Waals surface area contributed by atoms with E-state index < -0.39 is 0 Å². The van der Waals surface area contributed by atoms with Crippen molar-refractivity contribution in [3.63, 3.8) is 0 Å². The SMILES string of the molecule is O=c1c2ccccc2ccn1-c1ccc(Cl)c2ccccc12. The molecule has 0 radical (unpaired) electrons. The molecule has 0 saturated heterocycles. The summed E-state index contributed by atoms with van der Waals surface area (Å²) in [6.07, 6.45) is 1.82. The highest BCUT2D eigenvalue weighted by Gasteiger charge is 2.09. The van der Waals surface area contributed by atoms with E-state index in [-0.39, 0.29) is 5.56 Å². The number of rotatable bonds is 1. The van der Waals surface area contributed by atoms with Crippen molar-refractivity contribution >= 4 is 33.1 Å². The summed E-state index contributed by atoms with van der Waals surface area (Å²) in [6.45, 7) is 0. The summed E-state index contributed by atoms with van der Waals surface area (Å²) >= 11 is 6.26. The van der Waals surface area contributed by atoms with Crippen molar-refractivity contribution in [2.45, 2.75) is 0 Å². The van der Waals surface area contributed by atoms with E-state index in [1.165, 1.54) is 0 Å². The van der Waals surface area contributed by atoms with Crippen LogP contribution in [-0.4, -0.2) is 4.57 Å². The van der Waals surface area contributed by atoms with Gasteiger partial charge in [0.15, 0.2) is 0 Å². The van der Waals surface area contributed by atoms with Gasteiger partial charge in [0, 0.05) is 27.4 Å². The molecule has 0 spiro atoms. The molecule has 0 amide bonds. The van der Waals surface area contributed by atoms with Gasteiger partial charge >= 0.3 is 0 Å². The third-order valence-electron chi connectivity index (χ3n) is 3.92. The van der Waals surface area contributed by atoms with Gasteiger partial charge < -0.3 is 0 Å². The lowest BCUT2D eigenvalue weighted by Crippen LogP contribution is -2.17. The lowest BCUT2D eigenvalue weighted by atomic mass is 10.1. The summed E-state index contributed by atoms with van der Waals surface area (Å²) in [7, 11) is 0. The Balaban J connectivity index is 2.10. The Morgan fingerprint density at radius 3 is 2.23 bits per heavy atom. The Kier molecular flexibility index (Phi) is 2.98. The van der Waals surface area contributed by atoms with Crippen molar-refractivity contribution in [3.8, 4) is 5.69 Å². The predicted molar refractivity (Wildman–Crippen MR) is 92.1 cm³/mol. The fourth-order valence-corrected chi connectivity index (χ4v) is 3.06. The zero-order valence-electron chi connectivity index (χ0n) is 11.7. The fourth-order valence-electron chi connectivity index (χ4n) is 2.84. The number of hydrogen-bond acceptors (Lipinski definition) is 1. The van der Waals surface area contributed by atoms with E-state index in [0.29, 0.717) is 10.4 Å². The maximum absolute atomic E-state index is 12.8. The number of aromatic nitrogens is 1. The minimum atomic E-state index is -0.0226. The Morgan fingerprint density at radius 1 is 0.727 bits per heavy atom. The summed E-state index contributed by atoms with van der Waals surface area (Å²) in [5.74, 6) is 0. The molecule has 0 aliphatic heterocycles. The maximum atomic E-state index is 12.8. The second kappa shape index (κ2) is 5.00. The van der Waals surface area contributed by atoms with E-state index in [9.17, 15) is 4.79 Å². The third kappa shape index (κ3) is 1.92. The zero-order chi connectivity index (χ0) is 15.1. The molecule has 4 aromatic rings. The van der Waals surface area contributed by atoms with Crippen LogP contribution in [0, 0.1) is 0 Å². The monoisotopic (exact) mass is 305 g/mol. The first kappa shape index (κ1) is 13.1. The van der Waals surface area contributed by atoms with Crippen molar-refractivity contribution < 1.29 is 0 Å². The second-order valence-electron chi connectivity index (χ2n) is 5.19. The fraction of sp³-hybridized carbons (Fsp3) is 0. The Bertz CT molecular complexity index is 1070. The zero-order valence-corrected chi connectivity index (χ0v) is 12.4. The number of hydrogen-bond donors (Lipinski definition) is 0. The number of fused-ring (bicyclic) bond motifs is 2. The van der Waals surface area contributed by atoms with Gasteiger partial charge in [0.2, 0.25) is 0 Å². The van der Waals surface area contributed by atoms with Gasteiger partial charge in [-0.25, -0.2) is 0 Å². The normalized spacial score (nSPS) is 11.1. The van der Waals surface area contributed by atoms with Crippen LogP contribution in [0.25, 0.3) is 27.2 Å². The van der Waals surface area contributed by atoms with Crippen LogP contribution in [0.1, 0.15) is 0 Å². The minimum Gasteiger partial charge on any atom is -0.283 e. The standard InChI is InChI=1S/C19H12ClNO/c20-17-9-10-18(16-8-4-3-7-15(16)17)21-12-11-13-5-1-2-6-14(13)19(21)22/h1-12H. The molecule has 106 valence electrons. The molecular weight excluding hydrogens is 294 g/mol. The molecule has 0 aliphatic rings. The van der Waals surface area contributed by atoms with E-state index in [2.05, 4.69) is 0 Å². The van der Waals surface area contributed by atoms with Crippen LogP contribution in [0.15, 0.2) is 77.7 Å². The molecule has 0 saturated carbocycles. The summed E-state index contributed by atoms with van der Waals surface area (Å²) in [5, 5.41) is 4.26. The number of halogens is 1. The van der Waals surface area contributed by atoms with Crippen LogP contribution < -0.4 is 5.56 Å². The van der Waals surface area contributed by atoms with Crippen molar-refractivity contribution in [1.29, 1.82) is 0 Å². The first-order valence-corrected chi connectivity index (χ1v) is 7.41. The highest BCUT2D eigenvalue weighted by atomic mass is 35.5. The topological polar surface area (TPSA) is 22.0 Å². The van der Waals surface area contributed by atoms with Gasteiger partial charge in [0.25, 0.3) is 5.56 Å². The molecule has 22 heavy (non-hydrogen) atoms. The molecule has 0 bridgehead atoms. The van der Waals surface area contributed by atoms with E-state index in [4.69, 9.17) is 11.6 Å². The first-order valence-electron chi connectivity index (χ1n) is 7.04. The van der Waals surface area contributed by atoms with E-state index in [0.717, 1.165) is 21.8 Å². The van der Waals surface area contributed by atoms with Crippen molar-refractivity contribution in [2.24, 2.45) is 0 Å². The summed E-state index contributed by atoms with van der Waals surface area (Å²) < 4.78 is 1.68. The van der Waals surface area contributed by atoms with E-state index in [1.54, 1.807) is 4.57 Å². The van der Waals surface area contributed by atoms with Gasteiger partial charge in [-0.1, -0.05) is 54.1 Å². The van der Waals surface area contributed by atoms with Crippen LogP contribution in [0.2, 0.25) is 5.02 Å². The first-order chi connectivity index (χ1) is 10.8. The summed E-state index contributed by atoms with van der Waals surface area (Å²) in [5.41, 5.74) is 0.821. The van der Waals surface area contributed by atoms with Gasteiger partial charge in [-0.05, 0) is 29.7 Å². The van der Waals surface area contributed by atoms with Gasteiger partial charge in [-0.3, -0.25) is 9.36 Å². The van der Waals surface area contributed by atoms with Crippen molar-refractivity contribution in [3.05, 3.63) is 88.3 Å². The molecule has 0 N–H and O–H groups in total. The Labute approximate surface area is 132 Å². The molecule has 4 rings (SSSR count). The maximum Gasteiger partial charge on any atom is 0.262 e. The molecule has 2 nitrogen and oxygen atoms in total. The van der Waals surface area contributed by atoms with Crippen LogP contribution in [0.4, 0.5) is 0 Å². The second-order valence-corrected chi connectivity index (χ2v) is 5.60. The molecule has 1 heterocycles. The molecule has 3 heteroatoms. The highest BCUT2D eigenvalue weighted by molar-refractivity contribution is 6.35. The average Bonchev–Trinajstić information content (AvgIpc) is 2.57.